The van der Waals surface area contributed by atoms with E-state index < -0.39 is 0 Å². The first-order valence-electron chi connectivity index (χ1n) is 9.84. The summed E-state index contributed by atoms with van der Waals surface area (Å²) in [7, 11) is 0. The zero-order valence-electron chi connectivity index (χ0n) is 16.9. The predicted octanol–water partition coefficient (Wildman–Crippen LogP) is 6.73. The third-order valence-electron chi connectivity index (χ3n) is 4.65. The number of aryl methyl sites for hydroxylation is 2. The second-order valence-corrected chi connectivity index (χ2v) is 8.09. The fraction of sp³-hybridized carbons (Fsp3) is 0.120. The molecule has 1 N–H and O–H groups in total. The number of thiazole rings is 1. The van der Waals surface area contributed by atoms with Crippen LogP contribution in [-0.2, 0) is 6.42 Å². The molecule has 0 aliphatic heterocycles. The molecule has 0 spiro atoms. The molecule has 5 heteroatoms. The van der Waals surface area contributed by atoms with Crippen molar-refractivity contribution in [1.29, 1.82) is 0 Å². The number of carbonyl (C=O) groups excluding carboxylic acids is 1. The van der Waals surface area contributed by atoms with Crippen LogP contribution in [0.5, 0.6) is 11.5 Å². The molecule has 0 fully saturated rings. The van der Waals surface area contributed by atoms with Gasteiger partial charge in [0.1, 0.15) is 5.75 Å². The maximum absolute atomic E-state index is 12.8. The van der Waals surface area contributed by atoms with Gasteiger partial charge in [0, 0.05) is 16.0 Å². The van der Waals surface area contributed by atoms with Crippen LogP contribution in [-0.4, -0.2) is 10.9 Å². The van der Waals surface area contributed by atoms with Crippen molar-refractivity contribution in [3.63, 3.8) is 0 Å². The van der Waals surface area contributed by atoms with Crippen LogP contribution in [0.15, 0.2) is 78.9 Å². The zero-order valence-corrected chi connectivity index (χ0v) is 17.7. The highest BCUT2D eigenvalue weighted by atomic mass is 32.1. The number of hydrogen-bond donors (Lipinski definition) is 1. The number of nitrogens with one attached hydrogen (secondary N) is 1. The highest BCUT2D eigenvalue weighted by molar-refractivity contribution is 7.12. The summed E-state index contributed by atoms with van der Waals surface area (Å²) in [4.78, 5) is 18.7. The summed E-state index contributed by atoms with van der Waals surface area (Å²) in [5, 5.41) is 4.01. The number of nitrogens with zero attached hydrogens (tertiary/aromatic N) is 1. The minimum absolute atomic E-state index is 0.184. The molecule has 1 aromatic heterocycles. The molecule has 0 saturated carbocycles. The Morgan fingerprint density at radius 1 is 0.967 bits per heavy atom. The Balaban J connectivity index is 1.52. The lowest BCUT2D eigenvalue weighted by molar-refractivity contribution is 0.102. The summed E-state index contributed by atoms with van der Waals surface area (Å²) in [5.41, 5.74) is 3.24. The van der Waals surface area contributed by atoms with Gasteiger partial charge < -0.3 is 10.1 Å². The van der Waals surface area contributed by atoms with E-state index in [1.165, 1.54) is 4.88 Å². The Labute approximate surface area is 180 Å². The van der Waals surface area contributed by atoms with E-state index in [1.54, 1.807) is 11.3 Å². The van der Waals surface area contributed by atoms with Crippen molar-refractivity contribution in [3.05, 3.63) is 94.3 Å². The van der Waals surface area contributed by atoms with E-state index in [2.05, 4.69) is 17.2 Å². The summed E-state index contributed by atoms with van der Waals surface area (Å²) < 4.78 is 5.93. The molecule has 0 bridgehead atoms. The number of anilines is 1. The Morgan fingerprint density at radius 3 is 2.40 bits per heavy atom. The minimum atomic E-state index is -0.184. The summed E-state index contributed by atoms with van der Waals surface area (Å²) in [5.74, 6) is 1.13. The average Bonchev–Trinajstić information content (AvgIpc) is 3.16. The summed E-state index contributed by atoms with van der Waals surface area (Å²) in [6.45, 7) is 4.15. The Bertz CT molecular complexity index is 1150. The van der Waals surface area contributed by atoms with E-state index in [0.29, 0.717) is 22.7 Å². The van der Waals surface area contributed by atoms with Crippen LogP contribution in [0.2, 0.25) is 0 Å². The molecular formula is C25H22N2O2S. The SMILES string of the molecule is CCc1sc(C)nc1-c1ccc(C(=O)Nc2ccccc2Oc2ccccc2)cc1. The fourth-order valence-electron chi connectivity index (χ4n) is 3.18. The van der Waals surface area contributed by atoms with Gasteiger partial charge in [-0.15, -0.1) is 11.3 Å². The van der Waals surface area contributed by atoms with E-state index in [1.807, 2.05) is 85.8 Å². The molecule has 4 aromatic rings. The van der Waals surface area contributed by atoms with E-state index in [4.69, 9.17) is 4.74 Å². The topological polar surface area (TPSA) is 51.2 Å². The monoisotopic (exact) mass is 414 g/mol. The lowest BCUT2D eigenvalue weighted by Crippen LogP contribution is -2.12. The first-order chi connectivity index (χ1) is 14.6. The fourth-order valence-corrected chi connectivity index (χ4v) is 4.08. The number of hydrogen-bond acceptors (Lipinski definition) is 4. The van der Waals surface area contributed by atoms with Gasteiger partial charge in [0.2, 0.25) is 0 Å². The van der Waals surface area contributed by atoms with Crippen LogP contribution in [0.25, 0.3) is 11.3 Å². The largest absolute Gasteiger partial charge is 0.455 e. The highest BCUT2D eigenvalue weighted by Gasteiger charge is 2.13. The quantitative estimate of drug-likeness (QED) is 0.381. The molecule has 30 heavy (non-hydrogen) atoms. The van der Waals surface area contributed by atoms with Gasteiger partial charge in [-0.2, -0.15) is 0 Å². The standard InChI is InChI=1S/C25H22N2O2S/c1-3-23-24(26-17(2)30-23)18-13-15-19(16-14-18)25(28)27-21-11-7-8-12-22(21)29-20-9-5-4-6-10-20/h4-16H,3H2,1-2H3,(H,27,28). The van der Waals surface area contributed by atoms with Crippen LogP contribution in [0.1, 0.15) is 27.2 Å². The molecule has 3 aromatic carbocycles. The number of rotatable bonds is 6. The van der Waals surface area contributed by atoms with Crippen molar-refractivity contribution in [2.24, 2.45) is 0 Å². The van der Waals surface area contributed by atoms with Crippen molar-refractivity contribution in [2.45, 2.75) is 20.3 Å². The molecule has 4 nitrogen and oxygen atoms in total. The number of para-hydroxylation sites is 3. The van der Waals surface area contributed by atoms with Gasteiger partial charge in [0.25, 0.3) is 5.91 Å². The maximum atomic E-state index is 12.8. The van der Waals surface area contributed by atoms with Gasteiger partial charge in [0.15, 0.2) is 5.75 Å². The van der Waals surface area contributed by atoms with Crippen molar-refractivity contribution in [3.8, 4) is 22.8 Å². The molecule has 150 valence electrons. The molecule has 0 unspecified atom stereocenters. The second kappa shape index (κ2) is 8.93. The number of carbonyl (C=O) groups is 1. The van der Waals surface area contributed by atoms with Crippen molar-refractivity contribution < 1.29 is 9.53 Å². The van der Waals surface area contributed by atoms with Gasteiger partial charge in [-0.05, 0) is 49.7 Å². The van der Waals surface area contributed by atoms with Crippen molar-refractivity contribution in [1.82, 2.24) is 4.98 Å². The van der Waals surface area contributed by atoms with Crippen LogP contribution >= 0.6 is 11.3 Å². The molecule has 0 aliphatic carbocycles. The van der Waals surface area contributed by atoms with Gasteiger partial charge in [-0.3, -0.25) is 4.79 Å². The summed E-state index contributed by atoms with van der Waals surface area (Å²) >= 11 is 1.72. The molecule has 0 saturated heterocycles. The Kier molecular flexibility index (Phi) is 5.91. The highest BCUT2D eigenvalue weighted by Crippen LogP contribution is 2.31. The summed E-state index contributed by atoms with van der Waals surface area (Å²) in [6.07, 6.45) is 0.946. The van der Waals surface area contributed by atoms with E-state index in [9.17, 15) is 4.79 Å². The Morgan fingerprint density at radius 2 is 1.67 bits per heavy atom. The first kappa shape index (κ1) is 19.9. The minimum Gasteiger partial charge on any atom is -0.455 e. The van der Waals surface area contributed by atoms with Gasteiger partial charge in [-0.25, -0.2) is 4.98 Å². The van der Waals surface area contributed by atoms with E-state index in [-0.39, 0.29) is 5.91 Å². The van der Waals surface area contributed by atoms with E-state index >= 15 is 0 Å². The van der Waals surface area contributed by atoms with Crippen molar-refractivity contribution >= 4 is 22.9 Å². The van der Waals surface area contributed by atoms with E-state index in [0.717, 1.165) is 22.7 Å². The molecular weight excluding hydrogens is 392 g/mol. The lowest BCUT2D eigenvalue weighted by atomic mass is 10.1. The zero-order chi connectivity index (χ0) is 20.9. The number of amides is 1. The first-order valence-corrected chi connectivity index (χ1v) is 10.7. The molecule has 0 atom stereocenters. The van der Waals surface area contributed by atoms with Crippen LogP contribution in [0.3, 0.4) is 0 Å². The molecule has 0 aliphatic rings. The molecule has 0 radical (unpaired) electrons. The number of aromatic nitrogens is 1. The predicted molar refractivity (Wildman–Crippen MR) is 123 cm³/mol. The molecule has 1 amide bonds. The maximum Gasteiger partial charge on any atom is 0.255 e. The molecule has 4 rings (SSSR count). The van der Waals surface area contributed by atoms with Crippen molar-refractivity contribution in [2.75, 3.05) is 5.32 Å². The lowest BCUT2D eigenvalue weighted by Gasteiger charge is -2.12. The van der Waals surface area contributed by atoms with Crippen LogP contribution < -0.4 is 10.1 Å². The third kappa shape index (κ3) is 4.42. The van der Waals surface area contributed by atoms with Crippen LogP contribution in [0.4, 0.5) is 5.69 Å². The number of benzene rings is 3. The third-order valence-corrected chi connectivity index (χ3v) is 5.77. The summed E-state index contributed by atoms with van der Waals surface area (Å²) in [6, 6.07) is 24.5. The smallest absolute Gasteiger partial charge is 0.255 e. The van der Waals surface area contributed by atoms with Gasteiger partial charge in [-0.1, -0.05) is 49.4 Å². The normalized spacial score (nSPS) is 10.6. The number of ether oxygens (including phenoxy) is 1. The van der Waals surface area contributed by atoms with Crippen LogP contribution in [0, 0.1) is 6.92 Å². The average molecular weight is 415 g/mol. The molecule has 1 heterocycles. The van der Waals surface area contributed by atoms with Gasteiger partial charge >= 0.3 is 0 Å². The second-order valence-electron chi connectivity index (χ2n) is 6.80. The van der Waals surface area contributed by atoms with Gasteiger partial charge in [0.05, 0.1) is 16.4 Å². The Hall–Kier alpha value is -3.44.